The van der Waals surface area contributed by atoms with Crippen molar-refractivity contribution in [2.24, 2.45) is 44.8 Å². The Morgan fingerprint density at radius 3 is 2.46 bits per heavy atom. The molecule has 7 heteroatoms. The van der Waals surface area contributed by atoms with Gasteiger partial charge < -0.3 is 19.5 Å². The number of likely N-dealkylation sites (N-methyl/N-ethyl adjacent to an activating group) is 1. The number of nitrogens with zero attached hydrogens (tertiary/aromatic N) is 2. The summed E-state index contributed by atoms with van der Waals surface area (Å²) in [6, 6.07) is 0. The summed E-state index contributed by atoms with van der Waals surface area (Å²) >= 11 is 0. The molecule has 7 nitrogen and oxygen atoms in total. The van der Waals surface area contributed by atoms with Crippen LogP contribution in [0, 0.1) is 44.8 Å². The van der Waals surface area contributed by atoms with E-state index in [4.69, 9.17) is 9.26 Å². The lowest BCUT2D eigenvalue weighted by atomic mass is 9.34. The van der Waals surface area contributed by atoms with E-state index in [1.807, 2.05) is 34.0 Å². The van der Waals surface area contributed by atoms with E-state index in [0.717, 1.165) is 57.3 Å². The van der Waals surface area contributed by atoms with Gasteiger partial charge in [0, 0.05) is 43.6 Å². The number of ketones is 1. The molecule has 5 aliphatic rings. The molecule has 46 heavy (non-hydrogen) atoms. The topological polar surface area (TPSA) is 84.7 Å². The zero-order valence-corrected chi connectivity index (χ0v) is 30.7. The first-order chi connectivity index (χ1) is 21.2. The smallest absolute Gasteiger partial charge is 0.410 e. The number of carbonyl (C=O) groups is 2. The van der Waals surface area contributed by atoms with Gasteiger partial charge in [0.2, 0.25) is 0 Å². The van der Waals surface area contributed by atoms with Crippen molar-refractivity contribution in [1.29, 1.82) is 0 Å². The van der Waals surface area contributed by atoms with Gasteiger partial charge >= 0.3 is 6.09 Å². The number of hydrogen-bond donors (Lipinski definition) is 1. The van der Waals surface area contributed by atoms with Crippen molar-refractivity contribution < 1.29 is 18.8 Å². The lowest BCUT2D eigenvalue weighted by molar-refractivity contribution is -0.171. The molecule has 3 fully saturated rings. The molecule has 5 aliphatic carbocycles. The molecule has 0 aromatic carbocycles. The van der Waals surface area contributed by atoms with Crippen molar-refractivity contribution in [3.63, 3.8) is 0 Å². The van der Waals surface area contributed by atoms with E-state index in [9.17, 15) is 9.59 Å². The van der Waals surface area contributed by atoms with Crippen LogP contribution in [0.3, 0.4) is 0 Å². The highest BCUT2D eigenvalue weighted by atomic mass is 16.6. The van der Waals surface area contributed by atoms with Crippen LogP contribution in [0.2, 0.25) is 0 Å². The van der Waals surface area contributed by atoms with Crippen molar-refractivity contribution in [1.82, 2.24) is 15.4 Å². The molecule has 7 atom stereocenters. The summed E-state index contributed by atoms with van der Waals surface area (Å²) in [5, 5.41) is 8.02. The highest BCUT2D eigenvalue weighted by molar-refractivity contribution is 5.95. The van der Waals surface area contributed by atoms with Gasteiger partial charge in [-0.1, -0.05) is 59.2 Å². The summed E-state index contributed by atoms with van der Waals surface area (Å²) in [6.45, 7) is 24.9. The number of aromatic nitrogens is 1. The molecule has 0 unspecified atom stereocenters. The molecule has 1 N–H and O–H groups in total. The van der Waals surface area contributed by atoms with Crippen molar-refractivity contribution in [2.75, 3.05) is 26.7 Å². The molecule has 1 aromatic rings. The molecule has 1 heterocycles. The van der Waals surface area contributed by atoms with Crippen molar-refractivity contribution in [2.45, 2.75) is 132 Å². The number of allylic oxidation sites excluding steroid dienone is 2. The molecule has 0 saturated heterocycles. The molecular weight excluding hydrogens is 574 g/mol. The Hall–Kier alpha value is -2.15. The second-order valence-corrected chi connectivity index (χ2v) is 19.2. The summed E-state index contributed by atoms with van der Waals surface area (Å²) in [4.78, 5) is 29.0. The average molecular weight is 636 g/mol. The van der Waals surface area contributed by atoms with Gasteiger partial charge in [0.05, 0.1) is 6.20 Å². The minimum absolute atomic E-state index is 0.0289. The van der Waals surface area contributed by atoms with Gasteiger partial charge in [-0.05, 0) is 117 Å². The highest BCUT2D eigenvalue weighted by Crippen LogP contribution is 2.74. The maximum absolute atomic E-state index is 14.8. The molecule has 0 aliphatic heterocycles. The fourth-order valence-corrected chi connectivity index (χ4v) is 11.7. The third-order valence-corrected chi connectivity index (χ3v) is 14.3. The lowest BCUT2D eigenvalue weighted by Crippen LogP contribution is -2.66. The van der Waals surface area contributed by atoms with E-state index in [1.54, 1.807) is 4.90 Å². The van der Waals surface area contributed by atoms with E-state index in [-0.39, 0.29) is 44.5 Å². The molecule has 0 bridgehead atoms. The number of hydrogen-bond acceptors (Lipinski definition) is 6. The minimum atomic E-state index is -0.505. The molecule has 6 rings (SSSR count). The first kappa shape index (κ1) is 33.7. The summed E-state index contributed by atoms with van der Waals surface area (Å²) in [6.07, 6.45) is 12.6. The minimum Gasteiger partial charge on any atom is -0.444 e. The monoisotopic (exact) mass is 635 g/mol. The van der Waals surface area contributed by atoms with Crippen LogP contribution in [0.15, 0.2) is 22.4 Å². The number of amides is 1. The summed E-state index contributed by atoms with van der Waals surface area (Å²) in [7, 11) is 1.81. The first-order valence-electron chi connectivity index (χ1n) is 18.0. The number of nitrogens with one attached hydrogen (secondary N) is 1. The van der Waals surface area contributed by atoms with Crippen molar-refractivity contribution in [3.8, 4) is 0 Å². The number of rotatable bonds is 5. The molecule has 1 aromatic heterocycles. The third-order valence-electron chi connectivity index (χ3n) is 14.3. The van der Waals surface area contributed by atoms with Crippen LogP contribution in [-0.2, 0) is 21.4 Å². The van der Waals surface area contributed by atoms with Crippen LogP contribution in [0.25, 0.3) is 0 Å². The predicted octanol–water partition coefficient (Wildman–Crippen LogP) is 8.13. The standard InChI is InChI=1S/C39H61N3O4/c1-33(2,3)45-32(44)42(11)19-18-40-24-39-16-14-34(4,5)22-26(39)30-27(43)20-29-36(8)21-25-23-41-46-31(25)35(6,7)28(36)12-13-37(29,9)38(30,10)15-17-39/h20,23,26,28,30,40H,12-19,21-22,24H2,1-11H3/t26-,28-,30-,36-,37+,38+,39+/m0/s1. The maximum atomic E-state index is 14.8. The van der Waals surface area contributed by atoms with Crippen LogP contribution in [0.4, 0.5) is 4.79 Å². The summed E-state index contributed by atoms with van der Waals surface area (Å²) in [5.41, 5.74) is 2.09. The maximum Gasteiger partial charge on any atom is 0.410 e. The Bertz CT molecular complexity index is 1420. The van der Waals surface area contributed by atoms with Crippen molar-refractivity contribution in [3.05, 3.63) is 29.2 Å². The molecule has 0 radical (unpaired) electrons. The van der Waals surface area contributed by atoms with E-state index in [2.05, 4.69) is 65.0 Å². The Morgan fingerprint density at radius 2 is 1.76 bits per heavy atom. The largest absolute Gasteiger partial charge is 0.444 e. The average Bonchev–Trinajstić information content (AvgIpc) is 3.40. The van der Waals surface area contributed by atoms with E-state index in [0.29, 0.717) is 30.7 Å². The fraction of sp³-hybridized carbons (Fsp3) is 0.821. The zero-order chi connectivity index (χ0) is 33.7. The van der Waals surface area contributed by atoms with E-state index >= 15 is 0 Å². The molecule has 1 amide bonds. The van der Waals surface area contributed by atoms with Crippen LogP contribution >= 0.6 is 0 Å². The Kier molecular flexibility index (Phi) is 7.83. The van der Waals surface area contributed by atoms with Gasteiger partial charge in [-0.25, -0.2) is 4.79 Å². The Labute approximate surface area is 278 Å². The molecule has 0 spiro atoms. The Balaban J connectivity index is 1.29. The molecule has 3 saturated carbocycles. The fourth-order valence-electron chi connectivity index (χ4n) is 11.7. The highest BCUT2D eigenvalue weighted by Gasteiger charge is 2.69. The molecule has 256 valence electrons. The van der Waals surface area contributed by atoms with Gasteiger partial charge in [-0.3, -0.25) is 4.79 Å². The van der Waals surface area contributed by atoms with Gasteiger partial charge in [-0.15, -0.1) is 0 Å². The quantitative estimate of drug-likeness (QED) is 0.329. The van der Waals surface area contributed by atoms with Gasteiger partial charge in [0.25, 0.3) is 0 Å². The second-order valence-electron chi connectivity index (χ2n) is 19.2. The lowest BCUT2D eigenvalue weighted by Gasteiger charge is -2.69. The molecular formula is C39H61N3O4. The zero-order valence-electron chi connectivity index (χ0n) is 30.7. The van der Waals surface area contributed by atoms with Gasteiger partial charge in [0.1, 0.15) is 11.4 Å². The summed E-state index contributed by atoms with van der Waals surface area (Å²) in [5.74, 6) is 2.20. The summed E-state index contributed by atoms with van der Waals surface area (Å²) < 4.78 is 11.4. The predicted molar refractivity (Wildman–Crippen MR) is 181 cm³/mol. The number of carbonyl (C=O) groups excluding carboxylic acids is 2. The van der Waals surface area contributed by atoms with E-state index in [1.165, 1.54) is 17.6 Å². The van der Waals surface area contributed by atoms with Gasteiger partial charge in [-0.2, -0.15) is 0 Å². The number of ether oxygens (including phenoxy) is 1. The van der Waals surface area contributed by atoms with Crippen molar-refractivity contribution >= 4 is 11.9 Å². The van der Waals surface area contributed by atoms with Crippen LogP contribution in [0.5, 0.6) is 0 Å². The van der Waals surface area contributed by atoms with E-state index < -0.39 is 5.60 Å². The Morgan fingerprint density at radius 1 is 1.07 bits per heavy atom. The first-order valence-corrected chi connectivity index (χ1v) is 18.0. The number of fused-ring (bicyclic) bond motifs is 8. The van der Waals surface area contributed by atoms with Crippen LogP contribution in [0.1, 0.15) is 126 Å². The van der Waals surface area contributed by atoms with Crippen LogP contribution in [-0.4, -0.2) is 54.2 Å². The third kappa shape index (κ3) is 5.03. The van der Waals surface area contributed by atoms with Crippen LogP contribution < -0.4 is 5.32 Å². The van der Waals surface area contributed by atoms with Gasteiger partial charge in [0.15, 0.2) is 5.78 Å². The normalized spacial score (nSPS) is 39.2. The second kappa shape index (κ2) is 10.7. The SMILES string of the molecule is CN(CCNC[C@]12CCC(C)(C)C[C@H]1[C@H]1C(=O)C=C3[C@@]4(C)Cc5cnoc5C(C)(C)[C@@H]4CC[C@@]3(C)[C@]1(C)CC2)C(=O)OC(C)(C)C.